The molecule has 0 unspecified atom stereocenters. The summed E-state index contributed by atoms with van der Waals surface area (Å²) in [7, 11) is 0. The molecule has 0 heterocycles. The second-order valence-corrected chi connectivity index (χ2v) is 4.12. The molecule has 0 aromatic heterocycles. The van der Waals surface area contributed by atoms with Gasteiger partial charge in [0.05, 0.1) is 12.2 Å². The monoisotopic (exact) mass is 244 g/mol. The summed E-state index contributed by atoms with van der Waals surface area (Å²) in [5.74, 6) is 5.94. The van der Waals surface area contributed by atoms with Crippen LogP contribution in [0.3, 0.4) is 0 Å². The summed E-state index contributed by atoms with van der Waals surface area (Å²) < 4.78 is 5.06. The van der Waals surface area contributed by atoms with Gasteiger partial charge in [-0.1, -0.05) is 32.1 Å². The topological polar surface area (TPSA) is 26.3 Å². The summed E-state index contributed by atoms with van der Waals surface area (Å²) in [6.45, 7) is 4.60. The van der Waals surface area contributed by atoms with Gasteiger partial charge in [-0.3, -0.25) is 0 Å². The number of carbonyl (C=O) groups is 1. The summed E-state index contributed by atoms with van der Waals surface area (Å²) in [5.41, 5.74) is 1.53. The Morgan fingerprint density at radius 3 is 2.50 bits per heavy atom. The maximum atomic E-state index is 11.6. The lowest BCUT2D eigenvalue weighted by Crippen LogP contribution is -2.05. The Morgan fingerprint density at radius 2 is 1.89 bits per heavy atom. The molecule has 0 atom stereocenters. The lowest BCUT2D eigenvalue weighted by atomic mass is 10.1. The fraction of sp³-hybridized carbons (Fsp3) is 0.438. The van der Waals surface area contributed by atoms with E-state index in [1.165, 1.54) is 0 Å². The van der Waals surface area contributed by atoms with Gasteiger partial charge in [0.2, 0.25) is 0 Å². The van der Waals surface area contributed by atoms with Crippen LogP contribution >= 0.6 is 0 Å². The van der Waals surface area contributed by atoms with Crippen LogP contribution in [-0.4, -0.2) is 12.6 Å². The van der Waals surface area contributed by atoms with Crippen LogP contribution in [0.15, 0.2) is 24.3 Å². The fourth-order valence-electron chi connectivity index (χ4n) is 1.40. The normalized spacial score (nSPS) is 9.44. The Morgan fingerprint density at radius 1 is 1.17 bits per heavy atom. The number of carbonyl (C=O) groups excluding carboxylic acids is 1. The van der Waals surface area contributed by atoms with Crippen LogP contribution in [0.25, 0.3) is 0 Å². The van der Waals surface area contributed by atoms with Gasteiger partial charge < -0.3 is 4.74 Å². The van der Waals surface area contributed by atoms with Crippen LogP contribution in [0.4, 0.5) is 0 Å². The number of hydrogen-bond donors (Lipinski definition) is 0. The highest BCUT2D eigenvalue weighted by atomic mass is 16.5. The van der Waals surface area contributed by atoms with Gasteiger partial charge >= 0.3 is 5.97 Å². The van der Waals surface area contributed by atoms with E-state index in [-0.39, 0.29) is 5.97 Å². The second-order valence-electron chi connectivity index (χ2n) is 4.12. The van der Waals surface area contributed by atoms with Gasteiger partial charge in [-0.15, -0.1) is 0 Å². The molecule has 0 aliphatic rings. The van der Waals surface area contributed by atoms with E-state index in [9.17, 15) is 4.79 Å². The Balaban J connectivity index is 2.56. The quantitative estimate of drug-likeness (QED) is 0.447. The molecule has 0 spiro atoms. The lowest BCUT2D eigenvalue weighted by molar-refractivity contribution is 0.0505. The summed E-state index contributed by atoms with van der Waals surface area (Å²) >= 11 is 0. The van der Waals surface area contributed by atoms with Crippen molar-refractivity contribution >= 4 is 5.97 Å². The third-order valence-electron chi connectivity index (χ3n) is 2.45. The molecule has 0 aliphatic carbocycles. The minimum atomic E-state index is -0.262. The first kappa shape index (κ1) is 14.3. The molecule has 0 aliphatic heterocycles. The van der Waals surface area contributed by atoms with Crippen molar-refractivity contribution in [2.24, 2.45) is 0 Å². The average Bonchev–Trinajstić information content (AvgIpc) is 2.41. The minimum Gasteiger partial charge on any atom is -0.462 e. The molecule has 1 aromatic rings. The van der Waals surface area contributed by atoms with Gasteiger partial charge in [-0.2, -0.15) is 0 Å². The molecule has 0 saturated carbocycles. The zero-order valence-corrected chi connectivity index (χ0v) is 11.2. The van der Waals surface area contributed by atoms with E-state index in [1.54, 1.807) is 12.1 Å². The van der Waals surface area contributed by atoms with E-state index in [1.807, 2.05) is 19.1 Å². The Labute approximate surface area is 109 Å². The van der Waals surface area contributed by atoms with E-state index in [2.05, 4.69) is 18.8 Å². The average molecular weight is 244 g/mol. The SMILES string of the molecule is CCCCC#Cc1ccc(C(=O)OCCC)cc1. The molecule has 2 nitrogen and oxygen atoms in total. The predicted molar refractivity (Wildman–Crippen MR) is 73.4 cm³/mol. The maximum Gasteiger partial charge on any atom is 0.338 e. The molecule has 0 amide bonds. The molecule has 1 rings (SSSR count). The number of unbranched alkanes of at least 4 members (excludes halogenated alkanes) is 2. The Hall–Kier alpha value is -1.75. The molecule has 2 heteroatoms. The van der Waals surface area contributed by atoms with Crippen molar-refractivity contribution in [1.29, 1.82) is 0 Å². The van der Waals surface area contributed by atoms with Gasteiger partial charge in [0.1, 0.15) is 0 Å². The number of esters is 1. The number of benzene rings is 1. The van der Waals surface area contributed by atoms with Crippen LogP contribution in [-0.2, 0) is 4.74 Å². The van der Waals surface area contributed by atoms with Gasteiger partial charge in [-0.05, 0) is 37.1 Å². The van der Waals surface area contributed by atoms with Crippen LogP contribution in [0.1, 0.15) is 55.5 Å². The minimum absolute atomic E-state index is 0.262. The first-order chi connectivity index (χ1) is 8.77. The highest BCUT2D eigenvalue weighted by Gasteiger charge is 2.05. The van der Waals surface area contributed by atoms with Crippen molar-refractivity contribution in [2.75, 3.05) is 6.61 Å². The molecule has 1 aromatic carbocycles. The molecular weight excluding hydrogens is 224 g/mol. The lowest BCUT2D eigenvalue weighted by Gasteiger charge is -2.02. The zero-order chi connectivity index (χ0) is 13.2. The first-order valence-corrected chi connectivity index (χ1v) is 6.54. The number of rotatable bonds is 5. The highest BCUT2D eigenvalue weighted by molar-refractivity contribution is 5.89. The smallest absolute Gasteiger partial charge is 0.338 e. The molecule has 18 heavy (non-hydrogen) atoms. The van der Waals surface area contributed by atoms with Crippen molar-refractivity contribution in [3.8, 4) is 11.8 Å². The van der Waals surface area contributed by atoms with Crippen molar-refractivity contribution < 1.29 is 9.53 Å². The molecule has 0 fully saturated rings. The fourth-order valence-corrected chi connectivity index (χ4v) is 1.40. The van der Waals surface area contributed by atoms with Gasteiger partial charge in [0.15, 0.2) is 0 Å². The van der Waals surface area contributed by atoms with E-state index >= 15 is 0 Å². The molecule has 0 radical (unpaired) electrons. The molecule has 0 N–H and O–H groups in total. The highest BCUT2D eigenvalue weighted by Crippen LogP contribution is 2.05. The van der Waals surface area contributed by atoms with Crippen LogP contribution < -0.4 is 0 Å². The molecule has 96 valence electrons. The second kappa shape index (κ2) is 8.36. The summed E-state index contributed by atoms with van der Waals surface area (Å²) in [5, 5.41) is 0. The van der Waals surface area contributed by atoms with Crippen molar-refractivity contribution in [3.63, 3.8) is 0 Å². The van der Waals surface area contributed by atoms with Crippen LogP contribution in [0.5, 0.6) is 0 Å². The van der Waals surface area contributed by atoms with Crippen molar-refractivity contribution in [3.05, 3.63) is 35.4 Å². The maximum absolute atomic E-state index is 11.6. The first-order valence-electron chi connectivity index (χ1n) is 6.54. The van der Waals surface area contributed by atoms with E-state index in [0.717, 1.165) is 31.2 Å². The standard InChI is InChI=1S/C16H20O2/c1-3-5-6-7-8-14-9-11-15(12-10-14)16(17)18-13-4-2/h9-12H,3-6,13H2,1-2H3. The van der Waals surface area contributed by atoms with E-state index < -0.39 is 0 Å². The summed E-state index contributed by atoms with van der Waals surface area (Å²) in [4.78, 5) is 11.6. The number of ether oxygens (including phenoxy) is 1. The van der Waals surface area contributed by atoms with Crippen molar-refractivity contribution in [2.45, 2.75) is 39.5 Å². The number of hydrogen-bond acceptors (Lipinski definition) is 2. The molecule has 0 saturated heterocycles. The Kier molecular flexibility index (Phi) is 6.64. The largest absolute Gasteiger partial charge is 0.462 e. The molecule has 0 bridgehead atoms. The summed E-state index contributed by atoms with van der Waals surface area (Å²) in [6.07, 6.45) is 4.06. The zero-order valence-electron chi connectivity index (χ0n) is 11.2. The van der Waals surface area contributed by atoms with Gasteiger partial charge in [-0.25, -0.2) is 4.79 Å². The van der Waals surface area contributed by atoms with Crippen LogP contribution in [0, 0.1) is 11.8 Å². The van der Waals surface area contributed by atoms with E-state index in [0.29, 0.717) is 12.2 Å². The van der Waals surface area contributed by atoms with E-state index in [4.69, 9.17) is 4.74 Å². The van der Waals surface area contributed by atoms with Gasteiger partial charge in [0, 0.05) is 12.0 Å². The summed E-state index contributed by atoms with van der Waals surface area (Å²) in [6, 6.07) is 7.26. The van der Waals surface area contributed by atoms with Gasteiger partial charge in [0.25, 0.3) is 0 Å². The van der Waals surface area contributed by atoms with Crippen molar-refractivity contribution in [1.82, 2.24) is 0 Å². The third kappa shape index (κ3) is 5.05. The Bertz CT molecular complexity index is 421. The molecular formula is C16H20O2. The van der Waals surface area contributed by atoms with Crippen LogP contribution in [0.2, 0.25) is 0 Å². The predicted octanol–water partition coefficient (Wildman–Crippen LogP) is 3.80. The third-order valence-corrected chi connectivity index (χ3v) is 2.45.